The standard InChI is InChI=1S/C24H26FN5O2/c1-30-22(10-11-28-30)24(32)27-14-16-4-2-7-20(12-16)29-23(31)18-8-9-21(26-15-18)17-5-3-6-19(25)13-17/h3,5-6,8-11,13,15-16,20H,2,4,7,12,14H2,1H3,(H,27,32)(H,29,31)/t16-,20+/m0/s1. The first-order valence-electron chi connectivity index (χ1n) is 10.8. The number of nitrogens with one attached hydrogen (secondary N) is 2. The van der Waals surface area contributed by atoms with Crippen molar-refractivity contribution in [2.75, 3.05) is 6.54 Å². The molecule has 2 heterocycles. The lowest BCUT2D eigenvalue weighted by molar-refractivity contribution is 0.0898. The van der Waals surface area contributed by atoms with Crippen molar-refractivity contribution in [2.45, 2.75) is 31.7 Å². The highest BCUT2D eigenvalue weighted by Crippen LogP contribution is 2.24. The summed E-state index contributed by atoms with van der Waals surface area (Å²) in [5.74, 6) is -0.331. The van der Waals surface area contributed by atoms with Crippen LogP contribution in [-0.2, 0) is 7.05 Å². The number of halogens is 1. The Hall–Kier alpha value is -3.55. The van der Waals surface area contributed by atoms with E-state index < -0.39 is 0 Å². The summed E-state index contributed by atoms with van der Waals surface area (Å²) < 4.78 is 15.0. The highest BCUT2D eigenvalue weighted by Gasteiger charge is 2.24. The van der Waals surface area contributed by atoms with Crippen LogP contribution in [0.4, 0.5) is 4.39 Å². The number of pyridine rings is 1. The van der Waals surface area contributed by atoms with E-state index in [4.69, 9.17) is 0 Å². The summed E-state index contributed by atoms with van der Waals surface area (Å²) in [6.07, 6.45) is 6.85. The van der Waals surface area contributed by atoms with Gasteiger partial charge in [-0.25, -0.2) is 4.39 Å². The summed E-state index contributed by atoms with van der Waals surface area (Å²) >= 11 is 0. The molecule has 2 N–H and O–H groups in total. The maximum atomic E-state index is 13.4. The normalized spacial score (nSPS) is 18.2. The van der Waals surface area contributed by atoms with Gasteiger partial charge in [-0.15, -0.1) is 0 Å². The number of benzene rings is 1. The number of carbonyl (C=O) groups excluding carboxylic acids is 2. The Morgan fingerprint density at radius 1 is 1.16 bits per heavy atom. The van der Waals surface area contributed by atoms with Crippen LogP contribution in [0.3, 0.4) is 0 Å². The van der Waals surface area contributed by atoms with Gasteiger partial charge in [0.15, 0.2) is 0 Å². The molecule has 0 aliphatic heterocycles. The van der Waals surface area contributed by atoms with E-state index in [0.29, 0.717) is 35.0 Å². The Bertz CT molecular complexity index is 1100. The molecule has 2 atom stereocenters. The highest BCUT2D eigenvalue weighted by atomic mass is 19.1. The minimum Gasteiger partial charge on any atom is -0.350 e. The van der Waals surface area contributed by atoms with E-state index in [2.05, 4.69) is 20.7 Å². The van der Waals surface area contributed by atoms with Crippen molar-refractivity contribution < 1.29 is 14.0 Å². The van der Waals surface area contributed by atoms with E-state index in [0.717, 1.165) is 25.7 Å². The lowest BCUT2D eigenvalue weighted by atomic mass is 9.85. The molecule has 1 saturated carbocycles. The van der Waals surface area contributed by atoms with Gasteiger partial charge in [0.25, 0.3) is 11.8 Å². The number of hydrogen-bond donors (Lipinski definition) is 2. The van der Waals surface area contributed by atoms with Crippen molar-refractivity contribution in [3.05, 3.63) is 71.9 Å². The maximum Gasteiger partial charge on any atom is 0.269 e. The molecule has 0 unspecified atom stereocenters. The first-order chi connectivity index (χ1) is 15.5. The van der Waals surface area contributed by atoms with E-state index in [1.807, 2.05) is 0 Å². The SMILES string of the molecule is Cn1nccc1C(=O)NC[C@H]1CCC[C@@H](NC(=O)c2ccc(-c3cccc(F)c3)nc2)C1. The fourth-order valence-corrected chi connectivity index (χ4v) is 4.15. The quantitative estimate of drug-likeness (QED) is 0.622. The summed E-state index contributed by atoms with van der Waals surface area (Å²) in [5, 5.41) is 10.1. The molecule has 0 spiro atoms. The van der Waals surface area contributed by atoms with Gasteiger partial charge in [-0.05, 0) is 55.5 Å². The Kier molecular flexibility index (Phi) is 6.58. The first-order valence-corrected chi connectivity index (χ1v) is 10.8. The lowest BCUT2D eigenvalue weighted by Crippen LogP contribution is -2.41. The first kappa shape index (κ1) is 21.7. The largest absolute Gasteiger partial charge is 0.350 e. The minimum absolute atomic E-state index is 0.0535. The van der Waals surface area contributed by atoms with E-state index in [-0.39, 0.29) is 23.7 Å². The van der Waals surface area contributed by atoms with Crippen molar-refractivity contribution >= 4 is 11.8 Å². The van der Waals surface area contributed by atoms with Crippen LogP contribution in [0.1, 0.15) is 46.5 Å². The van der Waals surface area contributed by atoms with Gasteiger partial charge in [-0.2, -0.15) is 5.10 Å². The second kappa shape index (κ2) is 9.72. The molecule has 8 heteroatoms. The summed E-state index contributed by atoms with van der Waals surface area (Å²) in [5.41, 5.74) is 2.28. The monoisotopic (exact) mass is 435 g/mol. The third-order valence-electron chi connectivity index (χ3n) is 5.87. The molecule has 0 radical (unpaired) electrons. The summed E-state index contributed by atoms with van der Waals surface area (Å²) in [7, 11) is 1.74. The van der Waals surface area contributed by atoms with Crippen molar-refractivity contribution in [3.8, 4) is 11.3 Å². The molecule has 0 saturated heterocycles. The Morgan fingerprint density at radius 3 is 2.75 bits per heavy atom. The number of rotatable bonds is 6. The molecule has 2 aromatic heterocycles. The number of amides is 2. The maximum absolute atomic E-state index is 13.4. The molecule has 1 fully saturated rings. The van der Waals surface area contributed by atoms with Gasteiger partial charge >= 0.3 is 0 Å². The summed E-state index contributed by atoms with van der Waals surface area (Å²) in [4.78, 5) is 29.3. The molecule has 7 nitrogen and oxygen atoms in total. The van der Waals surface area contributed by atoms with Gasteiger partial charge < -0.3 is 10.6 Å². The van der Waals surface area contributed by atoms with Crippen LogP contribution in [0.15, 0.2) is 54.9 Å². The van der Waals surface area contributed by atoms with Gasteiger partial charge in [0.1, 0.15) is 11.5 Å². The Morgan fingerprint density at radius 2 is 2.03 bits per heavy atom. The average molecular weight is 436 g/mol. The zero-order valence-corrected chi connectivity index (χ0v) is 17.9. The van der Waals surface area contributed by atoms with Gasteiger partial charge in [-0.3, -0.25) is 19.3 Å². The van der Waals surface area contributed by atoms with Crippen LogP contribution in [0.25, 0.3) is 11.3 Å². The second-order valence-corrected chi connectivity index (χ2v) is 8.20. The number of hydrogen-bond acceptors (Lipinski definition) is 4. The zero-order valence-electron chi connectivity index (χ0n) is 17.9. The van der Waals surface area contributed by atoms with Crippen LogP contribution < -0.4 is 10.6 Å². The van der Waals surface area contributed by atoms with Gasteiger partial charge in [0.2, 0.25) is 0 Å². The van der Waals surface area contributed by atoms with Crippen molar-refractivity contribution in [1.82, 2.24) is 25.4 Å². The van der Waals surface area contributed by atoms with Crippen molar-refractivity contribution in [3.63, 3.8) is 0 Å². The zero-order chi connectivity index (χ0) is 22.5. The van der Waals surface area contributed by atoms with Crippen LogP contribution in [-0.4, -0.2) is 39.2 Å². The molecule has 3 aromatic rings. The molecular weight excluding hydrogens is 409 g/mol. The molecule has 1 aliphatic carbocycles. The molecule has 1 aromatic carbocycles. The van der Waals surface area contributed by atoms with Crippen LogP contribution >= 0.6 is 0 Å². The van der Waals surface area contributed by atoms with Crippen molar-refractivity contribution in [1.29, 1.82) is 0 Å². The third-order valence-corrected chi connectivity index (χ3v) is 5.87. The van der Waals surface area contributed by atoms with E-state index in [1.54, 1.807) is 48.3 Å². The summed E-state index contributed by atoms with van der Waals surface area (Å²) in [6.45, 7) is 0.570. The molecule has 0 bridgehead atoms. The number of nitrogens with zero attached hydrogens (tertiary/aromatic N) is 3. The number of aryl methyl sites for hydroxylation is 1. The third kappa shape index (κ3) is 5.19. The highest BCUT2D eigenvalue weighted by molar-refractivity contribution is 5.94. The Balaban J connectivity index is 1.30. The predicted molar refractivity (Wildman–Crippen MR) is 118 cm³/mol. The fourth-order valence-electron chi connectivity index (χ4n) is 4.15. The lowest BCUT2D eigenvalue weighted by Gasteiger charge is -2.30. The van der Waals surface area contributed by atoms with Crippen LogP contribution in [0.2, 0.25) is 0 Å². The molecule has 166 valence electrons. The van der Waals surface area contributed by atoms with Crippen LogP contribution in [0.5, 0.6) is 0 Å². The van der Waals surface area contributed by atoms with Crippen LogP contribution in [0, 0.1) is 11.7 Å². The summed E-state index contributed by atoms with van der Waals surface area (Å²) in [6, 6.07) is 11.4. The van der Waals surface area contributed by atoms with Gasteiger partial charge in [0.05, 0.1) is 11.3 Å². The van der Waals surface area contributed by atoms with E-state index in [1.165, 1.54) is 18.3 Å². The van der Waals surface area contributed by atoms with E-state index >= 15 is 0 Å². The molecule has 4 rings (SSSR count). The second-order valence-electron chi connectivity index (χ2n) is 8.20. The van der Waals surface area contributed by atoms with Gasteiger partial charge in [-0.1, -0.05) is 18.6 Å². The molecule has 2 amide bonds. The molecular formula is C24H26FN5O2. The topological polar surface area (TPSA) is 88.9 Å². The van der Waals surface area contributed by atoms with E-state index in [9.17, 15) is 14.0 Å². The number of carbonyl (C=O) groups is 2. The average Bonchev–Trinajstić information content (AvgIpc) is 3.24. The smallest absolute Gasteiger partial charge is 0.269 e. The predicted octanol–water partition coefficient (Wildman–Crippen LogP) is 3.34. The minimum atomic E-state index is -0.325. The van der Waals surface area contributed by atoms with Crippen molar-refractivity contribution in [2.24, 2.45) is 13.0 Å². The fraction of sp³-hybridized carbons (Fsp3) is 0.333. The number of aromatic nitrogens is 3. The Labute approximate surface area is 186 Å². The molecule has 32 heavy (non-hydrogen) atoms. The molecule has 1 aliphatic rings. The van der Waals surface area contributed by atoms with Gasteiger partial charge in [0, 0.05) is 37.6 Å².